The van der Waals surface area contributed by atoms with Crippen molar-refractivity contribution in [1.29, 1.82) is 5.26 Å². The van der Waals surface area contributed by atoms with E-state index >= 15 is 0 Å². The van der Waals surface area contributed by atoms with Crippen molar-refractivity contribution >= 4 is 34.6 Å². The van der Waals surface area contributed by atoms with Crippen molar-refractivity contribution in [3.8, 4) is 6.07 Å². The van der Waals surface area contributed by atoms with Gasteiger partial charge in [-0.2, -0.15) is 25.0 Å². The molecule has 0 aromatic heterocycles. The minimum atomic E-state index is -4.73. The van der Waals surface area contributed by atoms with E-state index in [4.69, 9.17) is 23.2 Å². The first-order valence-electron chi connectivity index (χ1n) is 10.8. The highest BCUT2D eigenvalue weighted by Crippen LogP contribution is 2.48. The average Bonchev–Trinajstić information content (AvgIpc) is 3.00. The van der Waals surface area contributed by atoms with E-state index in [2.05, 4.69) is 0 Å². The van der Waals surface area contributed by atoms with Crippen LogP contribution in [0.3, 0.4) is 0 Å². The van der Waals surface area contributed by atoms with E-state index in [1.807, 2.05) is 24.3 Å². The van der Waals surface area contributed by atoms with Gasteiger partial charge in [0.05, 0.1) is 22.9 Å². The van der Waals surface area contributed by atoms with Gasteiger partial charge in [0.15, 0.2) is 5.11 Å². The molecule has 172 valence electrons. The van der Waals surface area contributed by atoms with Crippen LogP contribution in [0.4, 0.5) is 24.5 Å². The van der Waals surface area contributed by atoms with E-state index < -0.39 is 22.8 Å². The molecule has 1 aliphatic heterocycles. The number of unbranched alkanes of at least 4 members (excludes halogenated alkanes) is 1. The van der Waals surface area contributed by atoms with Gasteiger partial charge in [-0.15, -0.1) is 0 Å². The van der Waals surface area contributed by atoms with Crippen molar-refractivity contribution in [3.63, 3.8) is 0 Å². The number of halogens is 3. The topological polar surface area (TPSA) is 71.1 Å². The molecular formula is C24H22F3N4OS-. The number of thiocarbonyl (C=S) groups is 1. The van der Waals surface area contributed by atoms with E-state index in [0.29, 0.717) is 19.4 Å². The van der Waals surface area contributed by atoms with Gasteiger partial charge in [0, 0.05) is 5.69 Å². The summed E-state index contributed by atoms with van der Waals surface area (Å²) in [5, 5.41) is 9.22. The van der Waals surface area contributed by atoms with Gasteiger partial charge >= 0.3 is 6.18 Å². The number of nitriles is 1. The number of benzene rings is 2. The lowest BCUT2D eigenvalue weighted by Crippen LogP contribution is -2.55. The number of carbonyl (C=O) groups excluding carboxylic acids is 1. The molecule has 1 spiro atoms. The second-order valence-corrected chi connectivity index (χ2v) is 8.72. The lowest BCUT2D eigenvalue weighted by atomic mass is 9.75. The number of alkyl halides is 3. The molecular weight excluding hydrogens is 449 g/mol. The van der Waals surface area contributed by atoms with Gasteiger partial charge in [-0.05, 0) is 73.8 Å². The molecule has 9 heteroatoms. The number of rotatable bonds is 6. The van der Waals surface area contributed by atoms with Crippen LogP contribution in [0.25, 0.3) is 5.73 Å². The van der Waals surface area contributed by atoms with Crippen molar-refractivity contribution in [2.24, 2.45) is 0 Å². The summed E-state index contributed by atoms with van der Waals surface area (Å²) in [6.07, 6.45) is -0.172. The third-order valence-electron chi connectivity index (χ3n) is 6.37. The van der Waals surface area contributed by atoms with E-state index in [9.17, 15) is 18.0 Å². The molecule has 1 heterocycles. The Morgan fingerprint density at radius 2 is 1.76 bits per heavy atom. The number of hydrogen-bond acceptors (Lipinski definition) is 3. The molecule has 0 atom stereocenters. The van der Waals surface area contributed by atoms with Gasteiger partial charge in [-0.3, -0.25) is 9.69 Å². The molecule has 0 radical (unpaired) electrons. The minimum Gasteiger partial charge on any atom is -0.677 e. The lowest BCUT2D eigenvalue weighted by molar-refractivity contribution is -0.137. The van der Waals surface area contributed by atoms with Gasteiger partial charge in [-0.1, -0.05) is 25.0 Å². The fourth-order valence-corrected chi connectivity index (χ4v) is 4.95. The maximum atomic E-state index is 13.5. The minimum absolute atomic E-state index is 0.0112. The third-order valence-corrected chi connectivity index (χ3v) is 6.73. The molecule has 1 saturated heterocycles. The van der Waals surface area contributed by atoms with Crippen molar-refractivity contribution in [3.05, 3.63) is 64.9 Å². The van der Waals surface area contributed by atoms with Gasteiger partial charge in [0.25, 0.3) is 5.91 Å². The second-order valence-electron chi connectivity index (χ2n) is 8.36. The zero-order valence-electron chi connectivity index (χ0n) is 17.8. The fourth-order valence-electron chi connectivity index (χ4n) is 4.48. The largest absolute Gasteiger partial charge is 0.677 e. The van der Waals surface area contributed by atoms with Crippen molar-refractivity contribution < 1.29 is 18.0 Å². The Morgan fingerprint density at radius 1 is 1.09 bits per heavy atom. The molecule has 0 bridgehead atoms. The Kier molecular flexibility index (Phi) is 6.16. The van der Waals surface area contributed by atoms with Gasteiger partial charge < -0.3 is 10.6 Å². The molecule has 2 aromatic carbocycles. The first-order chi connectivity index (χ1) is 15.7. The highest BCUT2D eigenvalue weighted by Gasteiger charge is 2.59. The molecule has 5 nitrogen and oxygen atoms in total. The number of nitrogens with one attached hydrogen (secondary N) is 1. The van der Waals surface area contributed by atoms with E-state index in [1.165, 1.54) is 11.0 Å². The van der Waals surface area contributed by atoms with Crippen LogP contribution in [0.5, 0.6) is 0 Å². The Labute approximate surface area is 195 Å². The maximum absolute atomic E-state index is 13.5. The molecule has 2 aromatic rings. The van der Waals surface area contributed by atoms with E-state index in [1.54, 1.807) is 11.0 Å². The summed E-state index contributed by atoms with van der Waals surface area (Å²) >= 11 is 5.63. The fraction of sp³-hybridized carbons (Fsp3) is 0.375. The summed E-state index contributed by atoms with van der Waals surface area (Å²) in [7, 11) is 0. The summed E-state index contributed by atoms with van der Waals surface area (Å²) in [4.78, 5) is 16.4. The number of anilines is 2. The molecule has 1 saturated carbocycles. The number of amides is 1. The zero-order chi connectivity index (χ0) is 23.8. The molecule has 2 fully saturated rings. The summed E-state index contributed by atoms with van der Waals surface area (Å²) in [6, 6.07) is 12.5. The molecule has 4 rings (SSSR count). The highest BCUT2D eigenvalue weighted by molar-refractivity contribution is 7.81. The number of carbonyl (C=O) groups is 1. The standard InChI is InChI=1S/C24H22F3N4OS/c25-24(26,27)20-14-19(10-7-17(20)15-29)30-21(32)23(11-3-12-23)31(22(30)33)18-8-5-16(6-9-18)4-1-2-13-28/h5-10,14,28H,1-4,11-13H2/q-1. The molecule has 1 aliphatic carbocycles. The highest BCUT2D eigenvalue weighted by atomic mass is 32.1. The SMILES string of the molecule is N#Cc1ccc(N2C(=O)C3(CCC3)N(c3ccc(CCCC[NH-])cc3)C2=S)cc1C(F)(F)F. The lowest BCUT2D eigenvalue weighted by Gasteiger charge is -2.43. The van der Waals surface area contributed by atoms with Crippen LogP contribution < -0.4 is 9.80 Å². The first-order valence-corrected chi connectivity index (χ1v) is 11.2. The Morgan fingerprint density at radius 3 is 2.30 bits per heavy atom. The van der Waals surface area contributed by atoms with E-state index in [-0.39, 0.29) is 16.7 Å². The Hall–Kier alpha value is -2.96. The smallest absolute Gasteiger partial charge is 0.417 e. The predicted octanol–water partition coefficient (Wildman–Crippen LogP) is 6.01. The van der Waals surface area contributed by atoms with Crippen LogP contribution in [0.15, 0.2) is 42.5 Å². The molecule has 33 heavy (non-hydrogen) atoms. The number of aryl methyl sites for hydroxylation is 1. The zero-order valence-corrected chi connectivity index (χ0v) is 18.6. The molecule has 0 unspecified atom stereocenters. The van der Waals surface area contributed by atoms with Gasteiger partial charge in [-0.25, -0.2) is 0 Å². The molecule has 1 N–H and O–H groups in total. The quantitative estimate of drug-likeness (QED) is 0.382. The predicted molar refractivity (Wildman–Crippen MR) is 124 cm³/mol. The Bertz CT molecular complexity index is 1120. The Balaban J connectivity index is 1.69. The van der Waals surface area contributed by atoms with Crippen molar-refractivity contribution in [2.45, 2.75) is 50.2 Å². The normalized spacial score (nSPS) is 17.4. The summed E-state index contributed by atoms with van der Waals surface area (Å²) in [5.41, 5.74) is 6.63. The van der Waals surface area contributed by atoms with Crippen LogP contribution in [-0.4, -0.2) is 23.1 Å². The van der Waals surface area contributed by atoms with Crippen LogP contribution in [-0.2, 0) is 17.4 Å². The number of nitrogens with zero attached hydrogens (tertiary/aromatic N) is 3. The molecule has 2 aliphatic rings. The van der Waals surface area contributed by atoms with Crippen molar-refractivity contribution in [1.82, 2.24) is 0 Å². The van der Waals surface area contributed by atoms with Crippen molar-refractivity contribution in [2.75, 3.05) is 16.3 Å². The molecule has 1 amide bonds. The average molecular weight is 472 g/mol. The monoisotopic (exact) mass is 471 g/mol. The first kappa shape index (κ1) is 23.2. The number of hydrogen-bond donors (Lipinski definition) is 0. The van der Waals surface area contributed by atoms with Gasteiger partial charge in [0.1, 0.15) is 5.54 Å². The van der Waals surface area contributed by atoms with Crippen LogP contribution in [0.1, 0.15) is 48.8 Å². The summed E-state index contributed by atoms with van der Waals surface area (Å²) in [6.45, 7) is 0.395. The third kappa shape index (κ3) is 3.98. The van der Waals surface area contributed by atoms with Crippen LogP contribution in [0.2, 0.25) is 0 Å². The van der Waals surface area contributed by atoms with Crippen LogP contribution in [0, 0.1) is 11.3 Å². The second kappa shape index (κ2) is 8.76. The summed E-state index contributed by atoms with van der Waals surface area (Å²) < 4.78 is 40.5. The van der Waals surface area contributed by atoms with Gasteiger partial charge in [0.2, 0.25) is 0 Å². The van der Waals surface area contributed by atoms with Crippen LogP contribution >= 0.6 is 12.2 Å². The summed E-state index contributed by atoms with van der Waals surface area (Å²) in [5.74, 6) is -0.337. The van der Waals surface area contributed by atoms with E-state index in [0.717, 1.165) is 49.1 Å². The maximum Gasteiger partial charge on any atom is 0.417 e.